The maximum absolute atomic E-state index is 13.4. The second kappa shape index (κ2) is 11.2. The van der Waals surface area contributed by atoms with Gasteiger partial charge in [-0.05, 0) is 72.4 Å². The highest BCUT2D eigenvalue weighted by atomic mass is 16.3. The first kappa shape index (κ1) is 26.7. The van der Waals surface area contributed by atoms with Crippen molar-refractivity contribution in [1.82, 2.24) is 0 Å². The van der Waals surface area contributed by atoms with Crippen LogP contribution in [0.2, 0.25) is 0 Å². The molecule has 2 aromatic carbocycles. The minimum absolute atomic E-state index is 0.00233. The summed E-state index contributed by atoms with van der Waals surface area (Å²) < 4.78 is 6.02. The smallest absolute Gasteiger partial charge is 0.200 e. The summed E-state index contributed by atoms with van der Waals surface area (Å²) >= 11 is 0. The predicted molar refractivity (Wildman–Crippen MR) is 144 cm³/mol. The van der Waals surface area contributed by atoms with Crippen molar-refractivity contribution in [1.29, 1.82) is 0 Å². The molecule has 6 nitrogen and oxygen atoms in total. The third-order valence-electron chi connectivity index (χ3n) is 6.02. The van der Waals surface area contributed by atoms with Crippen molar-refractivity contribution < 1.29 is 24.8 Å². The molecule has 0 bridgehead atoms. The molecule has 0 aliphatic carbocycles. The van der Waals surface area contributed by atoms with Crippen LogP contribution >= 0.6 is 0 Å². The van der Waals surface area contributed by atoms with Crippen molar-refractivity contribution in [3.05, 3.63) is 80.6 Å². The molecule has 1 aromatic heterocycles. The molecular weight excluding hydrogens is 456 g/mol. The van der Waals surface area contributed by atoms with Gasteiger partial charge >= 0.3 is 0 Å². The molecule has 1 heterocycles. The number of fused-ring (bicyclic) bond motifs is 1. The van der Waals surface area contributed by atoms with E-state index < -0.39 is 5.43 Å². The van der Waals surface area contributed by atoms with E-state index in [-0.39, 0.29) is 57.3 Å². The fourth-order valence-corrected chi connectivity index (χ4v) is 4.01. The molecule has 3 aromatic rings. The van der Waals surface area contributed by atoms with Crippen LogP contribution in [0.4, 0.5) is 0 Å². The summed E-state index contributed by atoms with van der Waals surface area (Å²) in [6, 6.07) is 5.30. The Bertz CT molecular complexity index is 1430. The average molecular weight is 491 g/mol. The molecule has 0 unspecified atom stereocenters. The summed E-state index contributed by atoms with van der Waals surface area (Å²) in [5, 5.41) is 41.9. The maximum atomic E-state index is 13.4. The van der Waals surface area contributed by atoms with E-state index in [1.54, 1.807) is 0 Å². The molecule has 0 spiro atoms. The zero-order valence-electron chi connectivity index (χ0n) is 21.5. The standard InChI is InChI=1S/C30H34O6/c1-17(2)7-6-8-19(5)10-12-21-24(32)14-13-22(28(21)34)30-23(11-9-18(3)4)29(35)27-25(33)15-20(31)16-26(27)36-30/h7,9-10,13-16,31-34H,6,8,11-12H2,1-5H3/b19-10+. The van der Waals surface area contributed by atoms with Crippen molar-refractivity contribution in [3.63, 3.8) is 0 Å². The SMILES string of the molecule is CC(C)=CCC/C(C)=C/Cc1c(O)ccc(-c2oc3cc(O)cc(O)c3c(=O)c2CC=C(C)C)c1O. The highest BCUT2D eigenvalue weighted by Gasteiger charge is 2.22. The van der Waals surface area contributed by atoms with E-state index in [1.807, 2.05) is 32.9 Å². The Labute approximate surface area is 211 Å². The lowest BCUT2D eigenvalue weighted by Crippen LogP contribution is -2.11. The van der Waals surface area contributed by atoms with Crippen LogP contribution in [0.15, 0.2) is 68.4 Å². The molecule has 0 atom stereocenters. The van der Waals surface area contributed by atoms with Crippen LogP contribution in [0.3, 0.4) is 0 Å². The molecule has 0 saturated heterocycles. The van der Waals surface area contributed by atoms with Crippen molar-refractivity contribution in [2.45, 2.75) is 60.3 Å². The Hall–Kier alpha value is -3.93. The molecule has 190 valence electrons. The molecule has 4 N–H and O–H groups in total. The molecule has 0 amide bonds. The largest absolute Gasteiger partial charge is 0.508 e. The predicted octanol–water partition coefficient (Wildman–Crippen LogP) is 7.03. The van der Waals surface area contributed by atoms with Crippen LogP contribution < -0.4 is 5.43 Å². The van der Waals surface area contributed by atoms with Crippen LogP contribution in [0.25, 0.3) is 22.3 Å². The van der Waals surface area contributed by atoms with Gasteiger partial charge in [0.15, 0.2) is 0 Å². The van der Waals surface area contributed by atoms with Crippen LogP contribution in [-0.4, -0.2) is 20.4 Å². The van der Waals surface area contributed by atoms with Gasteiger partial charge < -0.3 is 24.8 Å². The van der Waals surface area contributed by atoms with Gasteiger partial charge in [0.05, 0.1) is 5.56 Å². The lowest BCUT2D eigenvalue weighted by molar-refractivity contribution is 0.440. The molecule has 3 rings (SSSR count). The average Bonchev–Trinajstić information content (AvgIpc) is 2.77. The lowest BCUT2D eigenvalue weighted by atomic mass is 9.96. The fourth-order valence-electron chi connectivity index (χ4n) is 4.01. The topological polar surface area (TPSA) is 111 Å². The monoisotopic (exact) mass is 490 g/mol. The first-order chi connectivity index (χ1) is 17.0. The lowest BCUT2D eigenvalue weighted by Gasteiger charge is -2.14. The van der Waals surface area contributed by atoms with E-state index in [9.17, 15) is 25.2 Å². The normalized spacial score (nSPS) is 11.5. The maximum Gasteiger partial charge on any atom is 0.200 e. The molecule has 36 heavy (non-hydrogen) atoms. The summed E-state index contributed by atoms with van der Waals surface area (Å²) in [7, 11) is 0. The first-order valence-electron chi connectivity index (χ1n) is 12.0. The van der Waals surface area contributed by atoms with Gasteiger partial charge in [0.1, 0.15) is 39.7 Å². The summed E-state index contributed by atoms with van der Waals surface area (Å²) in [5.41, 5.74) is 3.74. The minimum atomic E-state index is -0.453. The Kier molecular flexibility index (Phi) is 8.30. The number of allylic oxidation sites excluding steroid dienone is 6. The fraction of sp³-hybridized carbons (Fsp3) is 0.300. The van der Waals surface area contributed by atoms with Gasteiger partial charge in [-0.3, -0.25) is 4.79 Å². The minimum Gasteiger partial charge on any atom is -0.508 e. The van der Waals surface area contributed by atoms with Gasteiger partial charge in [-0.2, -0.15) is 0 Å². The van der Waals surface area contributed by atoms with Gasteiger partial charge in [-0.25, -0.2) is 0 Å². The molecule has 0 aliphatic rings. The summed E-state index contributed by atoms with van der Waals surface area (Å²) in [4.78, 5) is 13.4. The summed E-state index contributed by atoms with van der Waals surface area (Å²) in [6.45, 7) is 9.93. The number of hydrogen-bond donors (Lipinski definition) is 4. The molecule has 0 radical (unpaired) electrons. The number of phenolic OH excluding ortho intramolecular Hbond substituents is 4. The van der Waals surface area contributed by atoms with E-state index >= 15 is 0 Å². The van der Waals surface area contributed by atoms with Crippen molar-refractivity contribution in [2.75, 3.05) is 0 Å². The summed E-state index contributed by atoms with van der Waals surface area (Å²) in [5.74, 6) is -0.760. The van der Waals surface area contributed by atoms with Crippen LogP contribution in [-0.2, 0) is 12.8 Å². The number of benzene rings is 2. The van der Waals surface area contributed by atoms with Crippen LogP contribution in [0.1, 0.15) is 58.6 Å². The second-order valence-corrected chi connectivity index (χ2v) is 9.60. The quantitative estimate of drug-likeness (QED) is 0.252. The van der Waals surface area contributed by atoms with Gasteiger partial charge in [0, 0.05) is 23.3 Å². The van der Waals surface area contributed by atoms with Gasteiger partial charge in [0.25, 0.3) is 0 Å². The number of rotatable bonds is 8. The third kappa shape index (κ3) is 6.00. The Morgan fingerprint density at radius 3 is 2.17 bits per heavy atom. The molecule has 0 fully saturated rings. The highest BCUT2D eigenvalue weighted by Crippen LogP contribution is 2.41. The highest BCUT2D eigenvalue weighted by molar-refractivity contribution is 5.88. The van der Waals surface area contributed by atoms with Gasteiger partial charge in [-0.15, -0.1) is 0 Å². The first-order valence-corrected chi connectivity index (χ1v) is 12.0. The van der Waals surface area contributed by atoms with E-state index in [4.69, 9.17) is 4.42 Å². The van der Waals surface area contributed by atoms with Gasteiger partial charge in [-0.1, -0.05) is 34.9 Å². The second-order valence-electron chi connectivity index (χ2n) is 9.60. The number of hydrogen-bond acceptors (Lipinski definition) is 6. The molecular formula is C30H34O6. The Balaban J connectivity index is 2.16. The van der Waals surface area contributed by atoms with Crippen LogP contribution in [0, 0.1) is 0 Å². The van der Waals surface area contributed by atoms with Gasteiger partial charge in [0.2, 0.25) is 5.43 Å². The summed E-state index contributed by atoms with van der Waals surface area (Å²) in [6.07, 6.45) is 8.29. The van der Waals surface area contributed by atoms with E-state index in [1.165, 1.54) is 23.8 Å². The molecule has 6 heteroatoms. The van der Waals surface area contributed by atoms with E-state index in [2.05, 4.69) is 19.9 Å². The zero-order valence-corrected chi connectivity index (χ0v) is 21.5. The zero-order chi connectivity index (χ0) is 26.6. The van der Waals surface area contributed by atoms with Crippen molar-refractivity contribution in [2.24, 2.45) is 0 Å². The van der Waals surface area contributed by atoms with Crippen molar-refractivity contribution in [3.8, 4) is 34.3 Å². The Morgan fingerprint density at radius 2 is 1.50 bits per heavy atom. The number of aromatic hydroxyl groups is 4. The third-order valence-corrected chi connectivity index (χ3v) is 6.02. The molecule has 0 aliphatic heterocycles. The van der Waals surface area contributed by atoms with Crippen LogP contribution in [0.5, 0.6) is 23.0 Å². The molecule has 0 saturated carbocycles. The Morgan fingerprint density at radius 1 is 0.833 bits per heavy atom. The van der Waals surface area contributed by atoms with E-state index in [0.29, 0.717) is 12.0 Å². The van der Waals surface area contributed by atoms with E-state index in [0.717, 1.165) is 30.1 Å². The number of phenols is 4. The van der Waals surface area contributed by atoms with Crippen molar-refractivity contribution >= 4 is 11.0 Å².